The van der Waals surface area contributed by atoms with Gasteiger partial charge in [0.2, 0.25) is 0 Å². The zero-order valence-electron chi connectivity index (χ0n) is 10.1. The van der Waals surface area contributed by atoms with Gasteiger partial charge < -0.3 is 0 Å². The lowest BCUT2D eigenvalue weighted by Gasteiger charge is -2.10. The van der Waals surface area contributed by atoms with E-state index in [1.165, 1.54) is 39.9 Å². The zero-order valence-corrected chi connectivity index (χ0v) is 10.9. The van der Waals surface area contributed by atoms with E-state index in [-0.39, 0.29) is 0 Å². The summed E-state index contributed by atoms with van der Waals surface area (Å²) in [6.45, 7) is 0. The fourth-order valence-corrected chi connectivity index (χ4v) is 4.38. The fourth-order valence-electron chi connectivity index (χ4n) is 3.03. The first-order valence-corrected chi connectivity index (χ1v) is 7.21. The topological polar surface area (TPSA) is 60.4 Å². The van der Waals surface area contributed by atoms with Crippen molar-refractivity contribution in [2.24, 2.45) is 0 Å². The lowest BCUT2D eigenvalue weighted by Crippen LogP contribution is -2.01. The number of hydrogen-bond donors (Lipinski definition) is 0. The third-order valence-corrected chi connectivity index (χ3v) is 5.15. The summed E-state index contributed by atoms with van der Waals surface area (Å²) >= 11 is 1.85. The highest BCUT2D eigenvalue weighted by atomic mass is 32.1. The second kappa shape index (κ2) is 3.30. The molecule has 4 aromatic rings. The van der Waals surface area contributed by atoms with Crippen LogP contribution in [0.2, 0.25) is 0 Å². The van der Waals surface area contributed by atoms with Crippen LogP contribution in [0.3, 0.4) is 0 Å². The lowest BCUT2D eigenvalue weighted by atomic mass is 9.97. The van der Waals surface area contributed by atoms with Gasteiger partial charge in [-0.25, -0.2) is 4.98 Å². The molecule has 1 aliphatic rings. The van der Waals surface area contributed by atoms with E-state index in [1.54, 1.807) is 17.2 Å². The third-order valence-electron chi connectivity index (χ3n) is 3.86. The van der Waals surface area contributed by atoms with Gasteiger partial charge in [-0.1, -0.05) is 0 Å². The number of thiophene rings is 1. The Kier molecular flexibility index (Phi) is 1.71. The van der Waals surface area contributed by atoms with Crippen LogP contribution in [-0.2, 0) is 12.8 Å². The average Bonchev–Trinajstić information content (AvgIpc) is 3.14. The minimum Gasteiger partial charge on any atom is -0.256 e. The number of fused-ring (bicyclic) bond motifs is 8. The van der Waals surface area contributed by atoms with Crippen molar-refractivity contribution in [3.05, 3.63) is 23.1 Å². The first-order chi connectivity index (χ1) is 9.43. The van der Waals surface area contributed by atoms with Gasteiger partial charge in [-0.3, -0.25) is 4.40 Å². The van der Waals surface area contributed by atoms with E-state index in [0.717, 1.165) is 17.8 Å². The highest BCUT2D eigenvalue weighted by Crippen LogP contribution is 2.38. The largest absolute Gasteiger partial charge is 0.259 e. The van der Waals surface area contributed by atoms with Crippen molar-refractivity contribution in [3.63, 3.8) is 0 Å². The van der Waals surface area contributed by atoms with Gasteiger partial charge in [0.1, 0.15) is 17.5 Å². The van der Waals surface area contributed by atoms with E-state index in [1.807, 2.05) is 15.7 Å². The fraction of sp³-hybridized carbons (Fsp3) is 0.333. The van der Waals surface area contributed by atoms with E-state index >= 15 is 0 Å². The Bertz CT molecular complexity index is 930. The summed E-state index contributed by atoms with van der Waals surface area (Å²) in [5.74, 6) is 0.735. The maximum Gasteiger partial charge on any atom is 0.259 e. The second-order valence-corrected chi connectivity index (χ2v) is 5.97. The number of rotatable bonds is 0. The predicted molar refractivity (Wildman–Crippen MR) is 71.6 cm³/mol. The van der Waals surface area contributed by atoms with Crippen molar-refractivity contribution in [1.29, 1.82) is 0 Å². The highest BCUT2D eigenvalue weighted by Gasteiger charge is 2.22. The van der Waals surface area contributed by atoms with Crippen LogP contribution in [0.1, 0.15) is 23.3 Å². The summed E-state index contributed by atoms with van der Waals surface area (Å²) < 4.78 is 3.82. The van der Waals surface area contributed by atoms with Gasteiger partial charge in [0, 0.05) is 4.88 Å². The molecule has 0 radical (unpaired) electrons. The molecular weight excluding hydrogens is 260 g/mol. The summed E-state index contributed by atoms with van der Waals surface area (Å²) in [5, 5.41) is 13.7. The maximum atomic E-state index is 4.43. The minimum absolute atomic E-state index is 0.735. The molecule has 0 aliphatic heterocycles. The molecule has 0 unspecified atom stereocenters. The van der Waals surface area contributed by atoms with Crippen molar-refractivity contribution in [2.75, 3.05) is 0 Å². The second-order valence-electron chi connectivity index (χ2n) is 4.89. The number of hydrogen-bond acceptors (Lipinski definition) is 5. The van der Waals surface area contributed by atoms with Crippen LogP contribution < -0.4 is 0 Å². The molecule has 0 spiro atoms. The molecule has 0 saturated heterocycles. The van der Waals surface area contributed by atoms with Gasteiger partial charge in [-0.05, 0) is 31.2 Å². The molecule has 0 atom stereocenters. The minimum atomic E-state index is 0.735. The first-order valence-electron chi connectivity index (χ1n) is 6.39. The molecule has 4 heterocycles. The van der Waals surface area contributed by atoms with E-state index in [4.69, 9.17) is 0 Å². The molecule has 0 saturated carbocycles. The zero-order chi connectivity index (χ0) is 12.4. The smallest absolute Gasteiger partial charge is 0.256 e. The first kappa shape index (κ1) is 9.85. The summed E-state index contributed by atoms with van der Waals surface area (Å²) in [7, 11) is 0. The van der Waals surface area contributed by atoms with Crippen molar-refractivity contribution in [3.8, 4) is 0 Å². The molecule has 7 heteroatoms. The Labute approximate surface area is 111 Å². The van der Waals surface area contributed by atoms with E-state index in [2.05, 4.69) is 20.3 Å². The van der Waals surface area contributed by atoms with Gasteiger partial charge in [0.25, 0.3) is 5.78 Å². The van der Waals surface area contributed by atoms with Crippen LogP contribution in [0, 0.1) is 0 Å². The van der Waals surface area contributed by atoms with Crippen LogP contribution in [0.15, 0.2) is 12.7 Å². The van der Waals surface area contributed by atoms with Crippen LogP contribution in [0.5, 0.6) is 0 Å². The molecule has 0 aromatic carbocycles. The standard InChI is InChI=1S/C12H10N6S/c1-2-4-8-7(3-1)9-10-13-5-15-18(10)12-16-14-6-17(12)11(9)19-8/h5-6H,1-4H2. The lowest BCUT2D eigenvalue weighted by molar-refractivity contribution is 0.700. The molecule has 1 aliphatic carbocycles. The molecular formula is C12H10N6S. The third kappa shape index (κ3) is 1.11. The van der Waals surface area contributed by atoms with Gasteiger partial charge >= 0.3 is 0 Å². The van der Waals surface area contributed by atoms with Crippen LogP contribution in [-0.4, -0.2) is 29.2 Å². The Balaban J connectivity index is 2.13. The summed E-state index contributed by atoms with van der Waals surface area (Å²) in [6, 6.07) is 0. The monoisotopic (exact) mass is 270 g/mol. The van der Waals surface area contributed by atoms with Gasteiger partial charge in [-0.2, -0.15) is 9.61 Å². The summed E-state index contributed by atoms with van der Waals surface area (Å²) in [5.41, 5.74) is 2.37. The van der Waals surface area contributed by atoms with Gasteiger partial charge in [0.05, 0.1) is 5.39 Å². The summed E-state index contributed by atoms with van der Waals surface area (Å²) in [6.07, 6.45) is 8.23. The van der Waals surface area contributed by atoms with Crippen LogP contribution >= 0.6 is 11.3 Å². The Morgan fingerprint density at radius 1 is 1.21 bits per heavy atom. The summed E-state index contributed by atoms with van der Waals surface area (Å²) in [4.78, 5) is 7.13. The molecule has 19 heavy (non-hydrogen) atoms. The Morgan fingerprint density at radius 3 is 3.16 bits per heavy atom. The number of aromatic nitrogens is 6. The Morgan fingerprint density at radius 2 is 2.16 bits per heavy atom. The molecule has 0 bridgehead atoms. The maximum absolute atomic E-state index is 4.43. The molecule has 94 valence electrons. The molecule has 0 N–H and O–H groups in total. The molecule has 0 amide bonds. The van der Waals surface area contributed by atoms with Crippen molar-refractivity contribution < 1.29 is 0 Å². The van der Waals surface area contributed by atoms with Crippen molar-refractivity contribution in [2.45, 2.75) is 25.7 Å². The quantitative estimate of drug-likeness (QED) is 0.489. The van der Waals surface area contributed by atoms with E-state index in [0.29, 0.717) is 0 Å². The predicted octanol–water partition coefficient (Wildman–Crippen LogP) is 1.87. The van der Waals surface area contributed by atoms with E-state index in [9.17, 15) is 0 Å². The molecule has 0 fully saturated rings. The SMILES string of the molecule is c1nc2c3c4c(sc3n3cnnc3n2n1)CCCC4. The van der Waals surface area contributed by atoms with Crippen molar-refractivity contribution >= 4 is 33.0 Å². The molecule has 5 rings (SSSR count). The van der Waals surface area contributed by atoms with Gasteiger partial charge in [0.15, 0.2) is 5.65 Å². The van der Waals surface area contributed by atoms with Crippen LogP contribution in [0.4, 0.5) is 0 Å². The van der Waals surface area contributed by atoms with Crippen molar-refractivity contribution in [1.82, 2.24) is 29.2 Å². The average molecular weight is 270 g/mol. The Hall–Kier alpha value is -2.02. The highest BCUT2D eigenvalue weighted by molar-refractivity contribution is 7.19. The molecule has 6 nitrogen and oxygen atoms in total. The van der Waals surface area contributed by atoms with Crippen LogP contribution in [0.25, 0.3) is 21.6 Å². The number of nitrogens with zero attached hydrogens (tertiary/aromatic N) is 6. The normalized spacial score (nSPS) is 15.6. The van der Waals surface area contributed by atoms with E-state index < -0.39 is 0 Å². The number of aryl methyl sites for hydroxylation is 2. The van der Waals surface area contributed by atoms with Gasteiger partial charge in [-0.15, -0.1) is 21.5 Å². The molecule has 4 aromatic heterocycles.